The van der Waals surface area contributed by atoms with E-state index in [1.807, 2.05) is 30.3 Å². The molecule has 0 unspecified atom stereocenters. The number of carbonyl (C=O) groups excluding carboxylic acids is 1. The smallest absolute Gasteiger partial charge is 0.291 e. The topological polar surface area (TPSA) is 58.6 Å². The van der Waals surface area contributed by atoms with Crippen molar-refractivity contribution in [2.75, 3.05) is 5.32 Å². The number of carbonyl (C=O) groups is 1. The van der Waals surface area contributed by atoms with E-state index in [1.54, 1.807) is 12.1 Å². The zero-order valence-electron chi connectivity index (χ0n) is 16.8. The number of para-hydroxylation sites is 2. The molecule has 1 amide bonds. The Labute approximate surface area is 160 Å². The minimum atomic E-state index is -0.281. The molecule has 0 aliphatic carbocycles. The predicted molar refractivity (Wildman–Crippen MR) is 109 cm³/mol. The Morgan fingerprint density at radius 3 is 2.07 bits per heavy atom. The van der Waals surface area contributed by atoms with E-state index < -0.39 is 0 Å². The van der Waals surface area contributed by atoms with Gasteiger partial charge in [-0.3, -0.25) is 4.79 Å². The quantitative estimate of drug-likeness (QED) is 0.669. The zero-order chi connectivity index (χ0) is 20.0. The van der Waals surface area contributed by atoms with E-state index in [1.165, 1.54) is 0 Å². The highest BCUT2D eigenvalue weighted by Crippen LogP contribution is 2.40. The number of aromatic hydroxyl groups is 1. The lowest BCUT2D eigenvalue weighted by molar-refractivity contribution is -0.115. The number of phenols is 1. The van der Waals surface area contributed by atoms with Crippen molar-refractivity contribution in [2.24, 2.45) is 0 Å². The lowest BCUT2D eigenvalue weighted by atomic mass is 9.78. The maximum absolute atomic E-state index is 12.4. The Hall–Kier alpha value is -2.75. The third-order valence-electron chi connectivity index (χ3n) is 4.63. The molecule has 2 aromatic rings. The van der Waals surface area contributed by atoms with E-state index in [9.17, 15) is 9.90 Å². The highest BCUT2D eigenvalue weighted by molar-refractivity contribution is 6.08. The summed E-state index contributed by atoms with van der Waals surface area (Å²) < 4.78 is 5.82. The summed E-state index contributed by atoms with van der Waals surface area (Å²) in [7, 11) is 0. The van der Waals surface area contributed by atoms with Crippen molar-refractivity contribution in [3.05, 3.63) is 58.8 Å². The van der Waals surface area contributed by atoms with Gasteiger partial charge in [-0.1, -0.05) is 53.7 Å². The number of fused-ring (bicyclic) bond motifs is 1. The number of amides is 1. The molecule has 0 fully saturated rings. The van der Waals surface area contributed by atoms with Crippen LogP contribution in [-0.4, -0.2) is 11.0 Å². The van der Waals surface area contributed by atoms with E-state index >= 15 is 0 Å². The Kier molecular flexibility index (Phi) is 4.54. The number of benzene rings is 2. The maximum atomic E-state index is 12.4. The SMILES string of the molecule is CC(C)(C)c1cc(C=C2Oc3ccccc3NC2=O)cc(C(C)(C)C)c1O. The summed E-state index contributed by atoms with van der Waals surface area (Å²) in [5.74, 6) is 0.890. The average Bonchev–Trinajstić information content (AvgIpc) is 2.54. The second-order valence-corrected chi connectivity index (χ2v) is 9.03. The van der Waals surface area contributed by atoms with Crippen LogP contribution in [0, 0.1) is 0 Å². The Morgan fingerprint density at radius 1 is 0.963 bits per heavy atom. The summed E-state index contributed by atoms with van der Waals surface area (Å²) in [6, 6.07) is 11.2. The van der Waals surface area contributed by atoms with Gasteiger partial charge < -0.3 is 15.2 Å². The molecule has 0 atom stereocenters. The third-order valence-corrected chi connectivity index (χ3v) is 4.63. The van der Waals surface area contributed by atoms with Gasteiger partial charge >= 0.3 is 0 Å². The second kappa shape index (κ2) is 6.45. The zero-order valence-corrected chi connectivity index (χ0v) is 16.8. The van der Waals surface area contributed by atoms with Gasteiger partial charge in [-0.15, -0.1) is 0 Å². The van der Waals surface area contributed by atoms with Gasteiger partial charge in [0.1, 0.15) is 5.75 Å². The minimum absolute atomic E-state index is 0.235. The molecule has 0 radical (unpaired) electrons. The van der Waals surface area contributed by atoms with Gasteiger partial charge in [0.15, 0.2) is 11.5 Å². The summed E-state index contributed by atoms with van der Waals surface area (Å²) in [5.41, 5.74) is 2.71. The summed E-state index contributed by atoms with van der Waals surface area (Å²) in [5, 5.41) is 13.7. The molecule has 1 aliphatic heterocycles. The van der Waals surface area contributed by atoms with Crippen LogP contribution >= 0.6 is 0 Å². The van der Waals surface area contributed by atoms with Crippen LogP contribution in [0.15, 0.2) is 42.2 Å². The number of hydrogen-bond donors (Lipinski definition) is 2. The van der Waals surface area contributed by atoms with Crippen LogP contribution in [0.2, 0.25) is 0 Å². The lowest BCUT2D eigenvalue weighted by Gasteiger charge is -2.28. The number of hydrogen-bond acceptors (Lipinski definition) is 3. The van der Waals surface area contributed by atoms with Crippen LogP contribution in [0.4, 0.5) is 5.69 Å². The van der Waals surface area contributed by atoms with Gasteiger partial charge in [-0.25, -0.2) is 0 Å². The van der Waals surface area contributed by atoms with E-state index in [0.717, 1.165) is 16.7 Å². The molecule has 4 nitrogen and oxygen atoms in total. The van der Waals surface area contributed by atoms with Crippen molar-refractivity contribution in [3.8, 4) is 11.5 Å². The maximum Gasteiger partial charge on any atom is 0.291 e. The van der Waals surface area contributed by atoms with Crippen molar-refractivity contribution in [1.29, 1.82) is 0 Å². The third kappa shape index (κ3) is 3.85. The lowest BCUT2D eigenvalue weighted by Crippen LogP contribution is -2.23. The summed E-state index contributed by atoms with van der Waals surface area (Å²) in [6.45, 7) is 12.4. The standard InChI is InChI=1S/C23H27NO3/c1-22(2,3)15-11-14(12-16(20(15)25)23(4,5)6)13-19-21(26)24-17-9-7-8-10-18(17)27-19/h7-13,25H,1-6H3,(H,24,26). The molecule has 0 saturated heterocycles. The fourth-order valence-corrected chi connectivity index (χ4v) is 3.14. The van der Waals surface area contributed by atoms with Gasteiger partial charge in [0.05, 0.1) is 5.69 Å². The molecule has 1 heterocycles. The average molecular weight is 365 g/mol. The van der Waals surface area contributed by atoms with Crippen molar-refractivity contribution >= 4 is 17.7 Å². The Balaban J connectivity index is 2.12. The van der Waals surface area contributed by atoms with Crippen molar-refractivity contribution in [1.82, 2.24) is 0 Å². The monoisotopic (exact) mass is 365 g/mol. The first-order valence-corrected chi connectivity index (χ1v) is 9.15. The number of rotatable bonds is 1. The molecule has 0 saturated carbocycles. The molecular formula is C23H27NO3. The first-order valence-electron chi connectivity index (χ1n) is 9.15. The van der Waals surface area contributed by atoms with E-state index in [0.29, 0.717) is 17.2 Å². The number of ether oxygens (including phenoxy) is 1. The molecule has 2 N–H and O–H groups in total. The number of nitrogens with one attached hydrogen (secondary N) is 1. The second-order valence-electron chi connectivity index (χ2n) is 9.03. The summed E-state index contributed by atoms with van der Waals surface area (Å²) in [4.78, 5) is 12.4. The largest absolute Gasteiger partial charge is 0.507 e. The van der Waals surface area contributed by atoms with Crippen LogP contribution < -0.4 is 10.1 Å². The number of phenolic OH excluding ortho intramolecular Hbond substituents is 1. The molecular weight excluding hydrogens is 338 g/mol. The molecule has 142 valence electrons. The molecule has 0 bridgehead atoms. The van der Waals surface area contributed by atoms with E-state index in [4.69, 9.17) is 4.74 Å². The van der Waals surface area contributed by atoms with Crippen molar-refractivity contribution in [2.45, 2.75) is 52.4 Å². The predicted octanol–water partition coefficient (Wildman–Crippen LogP) is 5.36. The minimum Gasteiger partial charge on any atom is -0.507 e. The van der Waals surface area contributed by atoms with Crippen molar-refractivity contribution < 1.29 is 14.6 Å². The Morgan fingerprint density at radius 2 is 1.52 bits per heavy atom. The Bertz CT molecular complexity index is 892. The van der Waals surface area contributed by atoms with Gasteiger partial charge in [-0.05, 0) is 46.7 Å². The molecule has 4 heteroatoms. The van der Waals surface area contributed by atoms with Gasteiger partial charge in [0, 0.05) is 11.1 Å². The van der Waals surface area contributed by atoms with Crippen molar-refractivity contribution in [3.63, 3.8) is 0 Å². The normalized spacial score (nSPS) is 15.9. The molecule has 2 aromatic carbocycles. The molecule has 27 heavy (non-hydrogen) atoms. The summed E-state index contributed by atoms with van der Waals surface area (Å²) >= 11 is 0. The molecule has 0 spiro atoms. The van der Waals surface area contributed by atoms with Crippen LogP contribution in [0.5, 0.6) is 11.5 Å². The first kappa shape index (κ1) is 19.0. The summed E-state index contributed by atoms with van der Waals surface area (Å²) in [6.07, 6.45) is 1.73. The molecule has 3 rings (SSSR count). The number of anilines is 1. The molecule has 0 aromatic heterocycles. The highest BCUT2D eigenvalue weighted by atomic mass is 16.5. The highest BCUT2D eigenvalue weighted by Gasteiger charge is 2.27. The van der Waals surface area contributed by atoms with E-state index in [2.05, 4.69) is 46.9 Å². The first-order chi connectivity index (χ1) is 12.5. The van der Waals surface area contributed by atoms with Crippen LogP contribution in [-0.2, 0) is 15.6 Å². The fraction of sp³-hybridized carbons (Fsp3) is 0.348. The van der Waals surface area contributed by atoms with Gasteiger partial charge in [0.25, 0.3) is 5.91 Å². The van der Waals surface area contributed by atoms with Gasteiger partial charge in [-0.2, -0.15) is 0 Å². The van der Waals surface area contributed by atoms with Gasteiger partial charge in [0.2, 0.25) is 0 Å². The van der Waals surface area contributed by atoms with Crippen LogP contribution in [0.1, 0.15) is 58.2 Å². The molecule has 1 aliphatic rings. The fourth-order valence-electron chi connectivity index (χ4n) is 3.14. The van der Waals surface area contributed by atoms with Crippen LogP contribution in [0.25, 0.3) is 6.08 Å². The van der Waals surface area contributed by atoms with E-state index in [-0.39, 0.29) is 22.5 Å². The van der Waals surface area contributed by atoms with Crippen LogP contribution in [0.3, 0.4) is 0 Å².